The lowest BCUT2D eigenvalue weighted by Crippen LogP contribution is -2.13. The van der Waals surface area contributed by atoms with E-state index in [9.17, 15) is 13.6 Å². The predicted molar refractivity (Wildman–Crippen MR) is 95.1 cm³/mol. The fourth-order valence-corrected chi connectivity index (χ4v) is 3.12. The van der Waals surface area contributed by atoms with Crippen molar-refractivity contribution in [3.05, 3.63) is 46.1 Å². The molecule has 1 aromatic carbocycles. The zero-order chi connectivity index (χ0) is 18.8. The Kier molecular flexibility index (Phi) is 5.19. The van der Waals surface area contributed by atoms with Crippen molar-refractivity contribution in [1.82, 2.24) is 14.8 Å². The van der Waals surface area contributed by atoms with E-state index in [0.717, 1.165) is 0 Å². The first-order chi connectivity index (χ1) is 12.3. The summed E-state index contributed by atoms with van der Waals surface area (Å²) in [5.74, 6) is -0.395. The van der Waals surface area contributed by atoms with Gasteiger partial charge in [0.15, 0.2) is 10.8 Å². The lowest BCUT2D eigenvalue weighted by molar-refractivity contribution is -0.0498. The molecular weight excluding hydrogens is 386 g/mol. The molecule has 0 saturated carbocycles. The molecule has 2 heterocycles. The molecule has 10 heteroatoms. The zero-order valence-corrected chi connectivity index (χ0v) is 15.2. The molecule has 3 rings (SSSR count). The number of halogens is 3. The summed E-state index contributed by atoms with van der Waals surface area (Å²) in [6.45, 7) is -1.11. The summed E-state index contributed by atoms with van der Waals surface area (Å²) in [5, 5.41) is 9.13. The Morgan fingerprint density at radius 2 is 2.04 bits per heavy atom. The van der Waals surface area contributed by atoms with Crippen molar-refractivity contribution in [3.8, 4) is 17.0 Å². The molecule has 2 aromatic heterocycles. The van der Waals surface area contributed by atoms with Crippen LogP contribution in [0.4, 0.5) is 13.9 Å². The molecule has 3 aromatic rings. The minimum Gasteiger partial charge on any atom is -0.435 e. The fraction of sp³-hybridized carbons (Fsp3) is 0.188. The molecule has 0 bridgehead atoms. The number of hydrogen-bond acceptors (Lipinski definition) is 5. The Bertz CT molecular complexity index is 940. The Balaban J connectivity index is 1.73. The molecule has 0 spiro atoms. The zero-order valence-electron chi connectivity index (χ0n) is 13.7. The number of aromatic nitrogens is 3. The van der Waals surface area contributed by atoms with Crippen molar-refractivity contribution in [2.75, 3.05) is 5.32 Å². The van der Waals surface area contributed by atoms with Crippen LogP contribution in [0.1, 0.15) is 16.2 Å². The number of thiazole rings is 1. The van der Waals surface area contributed by atoms with Crippen molar-refractivity contribution < 1.29 is 18.3 Å². The molecule has 1 amide bonds. The van der Waals surface area contributed by atoms with E-state index < -0.39 is 12.5 Å². The number of carbonyl (C=O) groups excluding carboxylic acids is 1. The number of nitrogens with zero attached hydrogens (tertiary/aromatic N) is 3. The van der Waals surface area contributed by atoms with Crippen LogP contribution >= 0.6 is 22.9 Å². The first-order valence-electron chi connectivity index (χ1n) is 7.36. The highest BCUT2D eigenvalue weighted by atomic mass is 35.5. The Morgan fingerprint density at radius 3 is 2.62 bits per heavy atom. The summed E-state index contributed by atoms with van der Waals surface area (Å²) < 4.78 is 30.2. The number of hydrogen-bond donors (Lipinski definition) is 1. The summed E-state index contributed by atoms with van der Waals surface area (Å²) in [6.07, 6.45) is 0. The van der Waals surface area contributed by atoms with E-state index >= 15 is 0 Å². The lowest BCUT2D eigenvalue weighted by atomic mass is 10.2. The van der Waals surface area contributed by atoms with Gasteiger partial charge in [-0.2, -0.15) is 13.9 Å². The monoisotopic (exact) mass is 398 g/mol. The number of anilines is 1. The summed E-state index contributed by atoms with van der Waals surface area (Å²) >= 11 is 7.33. The average molecular weight is 399 g/mol. The summed E-state index contributed by atoms with van der Waals surface area (Å²) in [5.41, 5.74) is 2.10. The van der Waals surface area contributed by atoms with Gasteiger partial charge < -0.3 is 4.74 Å². The highest BCUT2D eigenvalue weighted by Gasteiger charge is 2.19. The van der Waals surface area contributed by atoms with Crippen molar-refractivity contribution in [2.45, 2.75) is 13.5 Å². The third-order valence-corrected chi connectivity index (χ3v) is 4.79. The van der Waals surface area contributed by atoms with E-state index in [4.69, 9.17) is 11.6 Å². The van der Waals surface area contributed by atoms with Gasteiger partial charge >= 0.3 is 6.61 Å². The van der Waals surface area contributed by atoms with Gasteiger partial charge in [-0.15, -0.1) is 11.3 Å². The second-order valence-electron chi connectivity index (χ2n) is 5.27. The van der Waals surface area contributed by atoms with E-state index in [1.54, 1.807) is 31.5 Å². The number of alkyl halides is 2. The second kappa shape index (κ2) is 7.38. The Labute approximate surface area is 156 Å². The van der Waals surface area contributed by atoms with Crippen molar-refractivity contribution in [3.63, 3.8) is 0 Å². The minimum absolute atomic E-state index is 0.0627. The smallest absolute Gasteiger partial charge is 0.387 e. The van der Waals surface area contributed by atoms with E-state index in [0.29, 0.717) is 22.1 Å². The van der Waals surface area contributed by atoms with Gasteiger partial charge in [0.2, 0.25) is 0 Å². The van der Waals surface area contributed by atoms with Crippen LogP contribution < -0.4 is 10.1 Å². The van der Waals surface area contributed by atoms with Gasteiger partial charge in [0, 0.05) is 18.0 Å². The van der Waals surface area contributed by atoms with Crippen LogP contribution in [0.2, 0.25) is 5.02 Å². The van der Waals surface area contributed by atoms with E-state index in [-0.39, 0.29) is 16.5 Å². The summed E-state index contributed by atoms with van der Waals surface area (Å²) in [7, 11) is 1.70. The Morgan fingerprint density at radius 1 is 1.35 bits per heavy atom. The van der Waals surface area contributed by atoms with Gasteiger partial charge in [-0.3, -0.25) is 14.8 Å². The molecular formula is C16H13ClF2N4O2S. The number of carbonyl (C=O) groups is 1. The first kappa shape index (κ1) is 18.3. The van der Waals surface area contributed by atoms with Crippen LogP contribution in [0, 0.1) is 6.92 Å². The Hall–Kier alpha value is -2.52. The first-order valence-corrected chi connectivity index (χ1v) is 8.62. The third kappa shape index (κ3) is 3.83. The number of aryl methyl sites for hydroxylation is 1. The molecule has 0 radical (unpaired) electrons. The normalized spacial score (nSPS) is 11.0. The number of benzene rings is 1. The molecule has 0 unspecified atom stereocenters. The van der Waals surface area contributed by atoms with Crippen LogP contribution in [-0.2, 0) is 7.05 Å². The second-order valence-corrected chi connectivity index (χ2v) is 6.50. The number of amides is 1. The molecule has 0 fully saturated rings. The molecule has 0 saturated heterocycles. The van der Waals surface area contributed by atoms with Crippen molar-refractivity contribution in [1.29, 1.82) is 0 Å². The number of rotatable bonds is 5. The molecule has 136 valence electrons. The van der Waals surface area contributed by atoms with Gasteiger partial charge in [0.05, 0.1) is 16.4 Å². The summed E-state index contributed by atoms with van der Waals surface area (Å²) in [6, 6.07) is 6.07. The average Bonchev–Trinajstić information content (AvgIpc) is 3.15. The third-order valence-electron chi connectivity index (χ3n) is 3.58. The molecule has 0 atom stereocenters. The fourth-order valence-electron chi connectivity index (χ4n) is 2.15. The maximum Gasteiger partial charge on any atom is 0.387 e. The maximum atomic E-state index is 12.3. The summed E-state index contributed by atoms with van der Waals surface area (Å²) in [4.78, 5) is 16.6. The maximum absolute atomic E-state index is 12.3. The number of ether oxygens (including phenoxy) is 1. The lowest BCUT2D eigenvalue weighted by Gasteiger charge is -2.04. The van der Waals surface area contributed by atoms with Crippen LogP contribution in [0.15, 0.2) is 29.6 Å². The highest BCUT2D eigenvalue weighted by molar-refractivity contribution is 7.14. The van der Waals surface area contributed by atoms with E-state index in [2.05, 4.69) is 20.1 Å². The quantitative estimate of drug-likeness (QED) is 0.693. The standard InChI is InChI=1S/C16H13ClF2N4O2S/c1-8-12(17)13(22-23(8)2)14(24)21-16-20-11(7-26-16)9-3-5-10(6-4-9)25-15(18)19/h3-7,15H,1-2H3,(H,20,21,24). The van der Waals surface area contributed by atoms with Gasteiger partial charge in [0.25, 0.3) is 5.91 Å². The predicted octanol–water partition coefficient (Wildman–Crippen LogP) is 4.36. The largest absolute Gasteiger partial charge is 0.435 e. The molecule has 0 aliphatic rings. The number of nitrogens with one attached hydrogen (secondary N) is 1. The van der Waals surface area contributed by atoms with Crippen molar-refractivity contribution in [2.24, 2.45) is 7.05 Å². The van der Waals surface area contributed by atoms with Crippen LogP contribution in [0.25, 0.3) is 11.3 Å². The molecule has 26 heavy (non-hydrogen) atoms. The molecule has 0 aliphatic heterocycles. The van der Waals surface area contributed by atoms with Gasteiger partial charge in [-0.1, -0.05) is 11.6 Å². The van der Waals surface area contributed by atoms with Gasteiger partial charge in [-0.25, -0.2) is 4.98 Å². The van der Waals surface area contributed by atoms with E-state index in [1.807, 2.05) is 0 Å². The molecule has 1 N–H and O–H groups in total. The minimum atomic E-state index is -2.87. The topological polar surface area (TPSA) is 69.0 Å². The molecule has 6 nitrogen and oxygen atoms in total. The van der Waals surface area contributed by atoms with Gasteiger partial charge in [0.1, 0.15) is 5.75 Å². The van der Waals surface area contributed by atoms with Crippen molar-refractivity contribution >= 4 is 34.0 Å². The van der Waals surface area contributed by atoms with Crippen LogP contribution in [0.3, 0.4) is 0 Å². The van der Waals surface area contributed by atoms with Crippen LogP contribution in [0.5, 0.6) is 5.75 Å². The SMILES string of the molecule is Cc1c(Cl)c(C(=O)Nc2nc(-c3ccc(OC(F)F)cc3)cs2)nn1C. The van der Waals surface area contributed by atoms with E-state index in [1.165, 1.54) is 28.2 Å². The van der Waals surface area contributed by atoms with Gasteiger partial charge in [-0.05, 0) is 31.2 Å². The highest BCUT2D eigenvalue weighted by Crippen LogP contribution is 2.28. The van der Waals surface area contributed by atoms with Crippen LogP contribution in [-0.4, -0.2) is 27.3 Å². The molecule has 0 aliphatic carbocycles.